The molecule has 1 N–H and O–H groups in total. The van der Waals surface area contributed by atoms with Crippen molar-refractivity contribution >= 4 is 11.6 Å². The molecular formula is C14H15ClN2. The highest BCUT2D eigenvalue weighted by molar-refractivity contribution is 6.33. The zero-order valence-electron chi connectivity index (χ0n) is 9.94. The number of halogens is 1. The minimum absolute atomic E-state index is 0.313. The lowest BCUT2D eigenvalue weighted by Gasteiger charge is -2.13. The molecule has 3 heteroatoms. The van der Waals surface area contributed by atoms with E-state index in [0.29, 0.717) is 6.04 Å². The quantitative estimate of drug-likeness (QED) is 0.894. The SMILES string of the molecule is CNC(C)c1ccc(Cl)c(-c2ccncc2)c1. The molecule has 0 aliphatic rings. The third-order valence-corrected chi connectivity index (χ3v) is 3.24. The van der Waals surface area contributed by atoms with E-state index in [1.807, 2.05) is 31.3 Å². The average molecular weight is 247 g/mol. The van der Waals surface area contributed by atoms with Gasteiger partial charge in [0.25, 0.3) is 0 Å². The molecular weight excluding hydrogens is 232 g/mol. The fourth-order valence-electron chi connectivity index (χ4n) is 1.73. The van der Waals surface area contributed by atoms with Crippen molar-refractivity contribution in [2.75, 3.05) is 7.05 Å². The highest BCUT2D eigenvalue weighted by Gasteiger charge is 2.08. The number of hydrogen-bond donors (Lipinski definition) is 1. The fraction of sp³-hybridized carbons (Fsp3) is 0.214. The molecule has 0 bridgehead atoms. The summed E-state index contributed by atoms with van der Waals surface area (Å²) in [5, 5.41) is 3.99. The maximum Gasteiger partial charge on any atom is 0.0484 e. The molecule has 88 valence electrons. The smallest absolute Gasteiger partial charge is 0.0484 e. The lowest BCUT2D eigenvalue weighted by atomic mass is 10.0. The van der Waals surface area contributed by atoms with Crippen LogP contribution in [-0.4, -0.2) is 12.0 Å². The first-order valence-corrected chi connectivity index (χ1v) is 5.97. The van der Waals surface area contributed by atoms with Gasteiger partial charge >= 0.3 is 0 Å². The molecule has 1 aromatic heterocycles. The summed E-state index contributed by atoms with van der Waals surface area (Å²) < 4.78 is 0. The van der Waals surface area contributed by atoms with Crippen LogP contribution in [0.4, 0.5) is 0 Å². The van der Waals surface area contributed by atoms with E-state index < -0.39 is 0 Å². The van der Waals surface area contributed by atoms with Gasteiger partial charge in [0.1, 0.15) is 0 Å². The molecule has 0 saturated heterocycles. The van der Waals surface area contributed by atoms with Gasteiger partial charge in [-0.3, -0.25) is 4.98 Å². The Kier molecular flexibility index (Phi) is 3.77. The number of rotatable bonds is 3. The molecule has 17 heavy (non-hydrogen) atoms. The van der Waals surface area contributed by atoms with Crippen LogP contribution >= 0.6 is 11.6 Å². The van der Waals surface area contributed by atoms with Gasteiger partial charge in [-0.1, -0.05) is 17.7 Å². The van der Waals surface area contributed by atoms with Gasteiger partial charge in [0.05, 0.1) is 0 Å². The molecule has 0 fully saturated rings. The van der Waals surface area contributed by atoms with Crippen molar-refractivity contribution in [3.63, 3.8) is 0 Å². The monoisotopic (exact) mass is 246 g/mol. The number of nitrogens with zero attached hydrogens (tertiary/aromatic N) is 1. The number of pyridine rings is 1. The second-order valence-corrected chi connectivity index (χ2v) is 4.39. The van der Waals surface area contributed by atoms with E-state index >= 15 is 0 Å². The van der Waals surface area contributed by atoms with Crippen LogP contribution in [0.3, 0.4) is 0 Å². The number of benzene rings is 1. The van der Waals surface area contributed by atoms with Gasteiger partial charge in [-0.2, -0.15) is 0 Å². The highest BCUT2D eigenvalue weighted by Crippen LogP contribution is 2.30. The van der Waals surface area contributed by atoms with Crippen LogP contribution in [0.5, 0.6) is 0 Å². The second kappa shape index (κ2) is 5.30. The summed E-state index contributed by atoms with van der Waals surface area (Å²) in [5.74, 6) is 0. The molecule has 2 nitrogen and oxygen atoms in total. The Balaban J connectivity index is 2.47. The van der Waals surface area contributed by atoms with Gasteiger partial charge in [0.15, 0.2) is 0 Å². The van der Waals surface area contributed by atoms with E-state index in [4.69, 9.17) is 11.6 Å². The van der Waals surface area contributed by atoms with Crippen LogP contribution in [0, 0.1) is 0 Å². The average Bonchev–Trinajstić information content (AvgIpc) is 2.39. The first kappa shape index (κ1) is 12.1. The van der Waals surface area contributed by atoms with E-state index in [1.165, 1.54) is 5.56 Å². The Hall–Kier alpha value is -1.38. The minimum atomic E-state index is 0.313. The summed E-state index contributed by atoms with van der Waals surface area (Å²) in [5.41, 5.74) is 3.37. The molecule has 0 amide bonds. The molecule has 0 radical (unpaired) electrons. The Morgan fingerprint density at radius 1 is 1.18 bits per heavy atom. The molecule has 2 rings (SSSR count). The second-order valence-electron chi connectivity index (χ2n) is 3.99. The van der Waals surface area contributed by atoms with Gasteiger partial charge in [0, 0.05) is 29.0 Å². The third-order valence-electron chi connectivity index (χ3n) is 2.91. The summed E-state index contributed by atoms with van der Waals surface area (Å²) >= 11 is 6.24. The Morgan fingerprint density at radius 2 is 1.88 bits per heavy atom. The van der Waals surface area contributed by atoms with Crippen molar-refractivity contribution in [2.24, 2.45) is 0 Å². The standard InChI is InChI=1S/C14H15ClN2/c1-10(16-2)12-3-4-14(15)13(9-12)11-5-7-17-8-6-11/h3-10,16H,1-2H3. The predicted molar refractivity (Wildman–Crippen MR) is 72.2 cm³/mol. The fourth-order valence-corrected chi connectivity index (χ4v) is 1.96. The molecule has 1 heterocycles. The Morgan fingerprint density at radius 3 is 2.53 bits per heavy atom. The van der Waals surface area contributed by atoms with Gasteiger partial charge < -0.3 is 5.32 Å². The topological polar surface area (TPSA) is 24.9 Å². The van der Waals surface area contributed by atoms with E-state index in [0.717, 1.165) is 16.1 Å². The summed E-state index contributed by atoms with van der Waals surface area (Å²) in [6.07, 6.45) is 3.56. The van der Waals surface area contributed by atoms with E-state index in [2.05, 4.69) is 23.3 Å². The van der Waals surface area contributed by atoms with Crippen molar-refractivity contribution in [3.05, 3.63) is 53.3 Å². The van der Waals surface area contributed by atoms with Crippen molar-refractivity contribution in [2.45, 2.75) is 13.0 Å². The first-order chi connectivity index (χ1) is 8.22. The lowest BCUT2D eigenvalue weighted by molar-refractivity contribution is 0.652. The molecule has 0 aliphatic carbocycles. The molecule has 1 aromatic carbocycles. The van der Waals surface area contributed by atoms with Crippen LogP contribution in [-0.2, 0) is 0 Å². The lowest BCUT2D eigenvalue weighted by Crippen LogP contribution is -2.12. The maximum atomic E-state index is 6.24. The van der Waals surface area contributed by atoms with Crippen molar-refractivity contribution in [1.82, 2.24) is 10.3 Å². The largest absolute Gasteiger partial charge is 0.313 e. The molecule has 2 aromatic rings. The van der Waals surface area contributed by atoms with Gasteiger partial charge in [-0.05, 0) is 49.4 Å². The maximum absolute atomic E-state index is 6.24. The minimum Gasteiger partial charge on any atom is -0.313 e. The zero-order chi connectivity index (χ0) is 12.3. The predicted octanol–water partition coefficient (Wildman–Crippen LogP) is 3.68. The van der Waals surface area contributed by atoms with E-state index in [1.54, 1.807) is 12.4 Å². The molecule has 0 spiro atoms. The van der Waals surface area contributed by atoms with Crippen LogP contribution in [0.1, 0.15) is 18.5 Å². The van der Waals surface area contributed by atoms with Gasteiger partial charge in [-0.25, -0.2) is 0 Å². The van der Waals surface area contributed by atoms with Crippen LogP contribution in [0.25, 0.3) is 11.1 Å². The van der Waals surface area contributed by atoms with Crippen molar-refractivity contribution < 1.29 is 0 Å². The summed E-state index contributed by atoms with van der Waals surface area (Å²) in [7, 11) is 1.95. The van der Waals surface area contributed by atoms with Gasteiger partial charge in [-0.15, -0.1) is 0 Å². The molecule has 1 unspecified atom stereocenters. The Bertz CT molecular complexity index is 497. The molecule has 0 saturated carbocycles. The van der Waals surface area contributed by atoms with Crippen LogP contribution in [0.2, 0.25) is 5.02 Å². The summed E-state index contributed by atoms with van der Waals surface area (Å²) in [4.78, 5) is 4.02. The Labute approximate surface area is 107 Å². The van der Waals surface area contributed by atoms with Crippen LogP contribution in [0.15, 0.2) is 42.7 Å². The number of aromatic nitrogens is 1. The van der Waals surface area contributed by atoms with Gasteiger partial charge in [0.2, 0.25) is 0 Å². The van der Waals surface area contributed by atoms with E-state index in [-0.39, 0.29) is 0 Å². The number of nitrogens with one attached hydrogen (secondary N) is 1. The summed E-state index contributed by atoms with van der Waals surface area (Å²) in [6, 6.07) is 10.4. The first-order valence-electron chi connectivity index (χ1n) is 5.59. The molecule has 0 aliphatic heterocycles. The molecule has 1 atom stereocenters. The normalized spacial score (nSPS) is 12.4. The number of hydrogen-bond acceptors (Lipinski definition) is 2. The van der Waals surface area contributed by atoms with E-state index in [9.17, 15) is 0 Å². The highest BCUT2D eigenvalue weighted by atomic mass is 35.5. The summed E-state index contributed by atoms with van der Waals surface area (Å²) in [6.45, 7) is 2.12. The third kappa shape index (κ3) is 2.65. The van der Waals surface area contributed by atoms with Crippen molar-refractivity contribution in [3.8, 4) is 11.1 Å². The van der Waals surface area contributed by atoms with Crippen molar-refractivity contribution in [1.29, 1.82) is 0 Å². The zero-order valence-corrected chi connectivity index (χ0v) is 10.7. The van der Waals surface area contributed by atoms with Crippen LogP contribution < -0.4 is 5.32 Å².